The number of nitrogens with zero attached hydrogens (tertiary/aromatic N) is 2. The van der Waals surface area contributed by atoms with E-state index < -0.39 is 17.7 Å². The molecule has 1 fully saturated rings. The molecule has 1 aliphatic heterocycles. The molecule has 0 bridgehead atoms. The van der Waals surface area contributed by atoms with Crippen LogP contribution in [0.3, 0.4) is 0 Å². The molecular formula is C26H23BrN2O5. The van der Waals surface area contributed by atoms with E-state index in [0.717, 1.165) is 10.0 Å². The molecule has 1 amide bonds. The average Bonchev–Trinajstić information content (AvgIpc) is 3.10. The number of methoxy groups -OCH3 is 1. The van der Waals surface area contributed by atoms with Crippen molar-refractivity contribution in [3.63, 3.8) is 0 Å². The summed E-state index contributed by atoms with van der Waals surface area (Å²) < 4.78 is 11.9. The van der Waals surface area contributed by atoms with Crippen LogP contribution in [-0.2, 0) is 16.1 Å². The molecular weight excluding hydrogens is 500 g/mol. The molecule has 0 unspecified atom stereocenters. The summed E-state index contributed by atoms with van der Waals surface area (Å²) in [6.07, 6.45) is 3.28. The van der Waals surface area contributed by atoms with Gasteiger partial charge in [-0.15, -0.1) is 0 Å². The van der Waals surface area contributed by atoms with E-state index >= 15 is 0 Å². The number of Topliss-reactive ketones (excluding diaryl/α,β-unsaturated/α-hetero) is 1. The van der Waals surface area contributed by atoms with Crippen LogP contribution in [-0.4, -0.2) is 40.4 Å². The van der Waals surface area contributed by atoms with Crippen molar-refractivity contribution in [1.29, 1.82) is 0 Å². The number of aliphatic hydroxyl groups excluding tert-OH is 1. The number of benzene rings is 2. The summed E-state index contributed by atoms with van der Waals surface area (Å²) in [4.78, 5) is 31.9. The molecule has 0 radical (unpaired) electrons. The van der Waals surface area contributed by atoms with E-state index in [1.165, 1.54) is 12.0 Å². The minimum Gasteiger partial charge on any atom is -0.507 e. The van der Waals surface area contributed by atoms with Crippen molar-refractivity contribution in [3.05, 3.63) is 93.7 Å². The van der Waals surface area contributed by atoms with Gasteiger partial charge in [0.05, 0.1) is 25.3 Å². The van der Waals surface area contributed by atoms with Crippen LogP contribution in [0.1, 0.15) is 29.7 Å². The van der Waals surface area contributed by atoms with Crippen molar-refractivity contribution >= 4 is 33.4 Å². The van der Waals surface area contributed by atoms with E-state index in [1.54, 1.807) is 60.9 Å². The number of hydrogen-bond donors (Lipinski definition) is 1. The number of aromatic nitrogens is 1. The number of aliphatic hydroxyl groups is 1. The standard InChI is InChI=1S/C26H23BrN2O5/c1-3-34-20-11-8-18(13-21(20)33-2)23-22(24(30)17-6-9-19(27)10-7-17)25(31)26(32)29(23)15-16-5-4-12-28-14-16/h4-14,23,30H,3,15H2,1-2H3/b24-22+/t23-/m1/s1. The Morgan fingerprint density at radius 1 is 1.12 bits per heavy atom. The molecule has 7 nitrogen and oxygen atoms in total. The van der Waals surface area contributed by atoms with Crippen molar-refractivity contribution in [2.24, 2.45) is 0 Å². The molecule has 1 aromatic heterocycles. The van der Waals surface area contributed by atoms with Gasteiger partial charge < -0.3 is 19.5 Å². The zero-order chi connectivity index (χ0) is 24.2. The van der Waals surface area contributed by atoms with Gasteiger partial charge >= 0.3 is 0 Å². The Morgan fingerprint density at radius 3 is 2.53 bits per heavy atom. The number of ether oxygens (including phenoxy) is 2. The number of hydrogen-bond acceptors (Lipinski definition) is 6. The Bertz CT molecular complexity index is 1240. The first-order chi connectivity index (χ1) is 16.4. The molecule has 8 heteroatoms. The molecule has 1 N–H and O–H groups in total. The topological polar surface area (TPSA) is 89.0 Å². The van der Waals surface area contributed by atoms with Gasteiger partial charge in [0.25, 0.3) is 11.7 Å². The Kier molecular flexibility index (Phi) is 6.98. The molecule has 3 aromatic rings. The van der Waals surface area contributed by atoms with Gasteiger partial charge in [0.15, 0.2) is 11.5 Å². The minimum absolute atomic E-state index is 0.0161. The molecule has 1 aliphatic rings. The van der Waals surface area contributed by atoms with Crippen LogP contribution >= 0.6 is 15.9 Å². The van der Waals surface area contributed by atoms with Gasteiger partial charge in [-0.25, -0.2) is 0 Å². The van der Waals surface area contributed by atoms with Crippen molar-refractivity contribution in [2.45, 2.75) is 19.5 Å². The fraction of sp³-hybridized carbons (Fsp3) is 0.192. The zero-order valence-electron chi connectivity index (χ0n) is 18.7. The Morgan fingerprint density at radius 2 is 1.88 bits per heavy atom. The second-order valence-corrected chi connectivity index (χ2v) is 8.55. The van der Waals surface area contributed by atoms with E-state index in [0.29, 0.717) is 29.2 Å². The number of carbonyl (C=O) groups excluding carboxylic acids is 2. The molecule has 0 saturated carbocycles. The summed E-state index contributed by atoms with van der Waals surface area (Å²) in [5, 5.41) is 11.2. The quantitative estimate of drug-likeness (QED) is 0.270. The Balaban J connectivity index is 1.88. The number of pyridine rings is 1. The third kappa shape index (κ3) is 4.54. The molecule has 174 valence electrons. The lowest BCUT2D eigenvalue weighted by Gasteiger charge is -2.26. The van der Waals surface area contributed by atoms with E-state index in [9.17, 15) is 14.7 Å². The Hall–Kier alpha value is -3.65. The van der Waals surface area contributed by atoms with E-state index in [-0.39, 0.29) is 17.9 Å². The minimum atomic E-state index is -0.826. The van der Waals surface area contributed by atoms with Gasteiger partial charge in [-0.1, -0.05) is 40.2 Å². The number of amides is 1. The van der Waals surface area contributed by atoms with Crippen molar-refractivity contribution in [2.75, 3.05) is 13.7 Å². The van der Waals surface area contributed by atoms with Crippen LogP contribution in [0.25, 0.3) is 5.76 Å². The smallest absolute Gasteiger partial charge is 0.295 e. The van der Waals surface area contributed by atoms with Crippen molar-refractivity contribution in [3.8, 4) is 11.5 Å². The van der Waals surface area contributed by atoms with Crippen LogP contribution in [0.4, 0.5) is 0 Å². The van der Waals surface area contributed by atoms with Gasteiger partial charge in [0, 0.05) is 29.0 Å². The van der Waals surface area contributed by atoms with Gasteiger partial charge in [-0.3, -0.25) is 14.6 Å². The summed E-state index contributed by atoms with van der Waals surface area (Å²) in [5.41, 5.74) is 1.82. The Labute approximate surface area is 205 Å². The summed E-state index contributed by atoms with van der Waals surface area (Å²) in [7, 11) is 1.52. The largest absolute Gasteiger partial charge is 0.507 e. The number of carbonyl (C=O) groups is 2. The maximum atomic E-state index is 13.2. The fourth-order valence-electron chi connectivity index (χ4n) is 3.97. The first kappa shape index (κ1) is 23.5. The lowest BCUT2D eigenvalue weighted by Crippen LogP contribution is -2.29. The summed E-state index contributed by atoms with van der Waals surface area (Å²) in [6.45, 7) is 2.48. The molecule has 1 saturated heterocycles. The second-order valence-electron chi connectivity index (χ2n) is 7.64. The van der Waals surface area contributed by atoms with E-state index in [4.69, 9.17) is 9.47 Å². The lowest BCUT2D eigenvalue weighted by atomic mass is 9.95. The van der Waals surface area contributed by atoms with Gasteiger partial charge in [0.1, 0.15) is 5.76 Å². The van der Waals surface area contributed by atoms with Gasteiger partial charge in [-0.05, 0) is 48.4 Å². The summed E-state index contributed by atoms with van der Waals surface area (Å²) in [5.74, 6) is -0.666. The highest BCUT2D eigenvalue weighted by molar-refractivity contribution is 9.10. The van der Waals surface area contributed by atoms with Gasteiger partial charge in [-0.2, -0.15) is 0 Å². The van der Waals surface area contributed by atoms with Crippen LogP contribution in [0, 0.1) is 0 Å². The lowest BCUT2D eigenvalue weighted by molar-refractivity contribution is -0.140. The normalized spacial score (nSPS) is 17.1. The second kappa shape index (κ2) is 10.1. The first-order valence-corrected chi connectivity index (χ1v) is 11.5. The summed E-state index contributed by atoms with van der Waals surface area (Å²) in [6, 6.07) is 14.9. The highest BCUT2D eigenvalue weighted by Crippen LogP contribution is 2.42. The molecule has 0 aliphatic carbocycles. The maximum absolute atomic E-state index is 13.2. The predicted molar refractivity (Wildman–Crippen MR) is 130 cm³/mol. The molecule has 2 heterocycles. The highest BCUT2D eigenvalue weighted by Gasteiger charge is 2.46. The van der Waals surface area contributed by atoms with E-state index in [2.05, 4.69) is 20.9 Å². The van der Waals surface area contributed by atoms with Crippen molar-refractivity contribution in [1.82, 2.24) is 9.88 Å². The van der Waals surface area contributed by atoms with Gasteiger partial charge in [0.2, 0.25) is 0 Å². The molecule has 1 atom stereocenters. The highest BCUT2D eigenvalue weighted by atomic mass is 79.9. The van der Waals surface area contributed by atoms with Crippen molar-refractivity contribution < 1.29 is 24.2 Å². The molecule has 4 rings (SSSR count). The monoisotopic (exact) mass is 522 g/mol. The fourth-order valence-corrected chi connectivity index (χ4v) is 4.23. The van der Waals surface area contributed by atoms with Crippen LogP contribution < -0.4 is 9.47 Å². The van der Waals surface area contributed by atoms with E-state index in [1.807, 2.05) is 13.0 Å². The van der Waals surface area contributed by atoms with Crippen LogP contribution in [0.5, 0.6) is 11.5 Å². The first-order valence-electron chi connectivity index (χ1n) is 10.7. The molecule has 2 aromatic carbocycles. The predicted octanol–water partition coefficient (Wildman–Crippen LogP) is 4.87. The van der Waals surface area contributed by atoms with Crippen LogP contribution in [0.15, 0.2) is 77.0 Å². The SMILES string of the molecule is CCOc1ccc([C@@H]2/C(=C(\O)c3ccc(Br)cc3)C(=O)C(=O)N2Cc2cccnc2)cc1OC. The maximum Gasteiger partial charge on any atom is 0.295 e. The third-order valence-corrected chi connectivity index (χ3v) is 6.07. The van der Waals surface area contributed by atoms with Crippen LogP contribution in [0.2, 0.25) is 0 Å². The average molecular weight is 523 g/mol. The number of halogens is 1. The number of likely N-dealkylation sites (tertiary alicyclic amines) is 1. The number of rotatable bonds is 7. The summed E-state index contributed by atoms with van der Waals surface area (Å²) >= 11 is 3.37. The molecule has 0 spiro atoms. The number of ketones is 1. The third-order valence-electron chi connectivity index (χ3n) is 5.54. The zero-order valence-corrected chi connectivity index (χ0v) is 20.3. The molecule has 34 heavy (non-hydrogen) atoms.